The van der Waals surface area contributed by atoms with Crippen LogP contribution in [0.4, 0.5) is 0 Å². The first-order chi connectivity index (χ1) is 25.8. The molecule has 3 fully saturated rings. The molecule has 292 valence electrons. The third kappa shape index (κ3) is 10.1. The monoisotopic (exact) mass is 758 g/mol. The fourth-order valence-electron chi connectivity index (χ4n) is 6.05. The van der Waals surface area contributed by atoms with Crippen molar-refractivity contribution in [3.8, 4) is 0 Å². The first-order valence-electron chi connectivity index (χ1n) is 17.0. The molecule has 0 spiro atoms. The number of fused-ring (bicyclic) bond motifs is 1. The van der Waals surface area contributed by atoms with Crippen molar-refractivity contribution >= 4 is 29.8 Å². The van der Waals surface area contributed by atoms with Gasteiger partial charge in [-0.3, -0.25) is 19.1 Å². The van der Waals surface area contributed by atoms with Crippen molar-refractivity contribution in [2.24, 2.45) is 0 Å². The Kier molecular flexibility index (Phi) is 13.5. The predicted molar refractivity (Wildman–Crippen MR) is 179 cm³/mol. The maximum atomic E-state index is 13.4. The zero-order valence-electron chi connectivity index (χ0n) is 29.9. The van der Waals surface area contributed by atoms with Gasteiger partial charge in [-0.1, -0.05) is 42.5 Å². The van der Waals surface area contributed by atoms with Crippen LogP contribution in [0, 0.1) is 0 Å². The Morgan fingerprint density at radius 2 is 1.31 bits per heavy atom. The van der Waals surface area contributed by atoms with Gasteiger partial charge in [-0.2, -0.15) is 0 Å². The number of aliphatic hydroxyl groups excluding tert-OH is 1. The van der Waals surface area contributed by atoms with Crippen LogP contribution in [-0.4, -0.2) is 122 Å². The highest BCUT2D eigenvalue weighted by molar-refractivity contribution is 5.89. The Bertz CT molecular complexity index is 1640. The average Bonchev–Trinajstić information content (AvgIpc) is 3.48. The fourth-order valence-corrected chi connectivity index (χ4v) is 6.05. The Balaban J connectivity index is 1.46. The van der Waals surface area contributed by atoms with E-state index in [9.17, 15) is 29.1 Å². The topological polar surface area (TPSA) is 207 Å². The van der Waals surface area contributed by atoms with Gasteiger partial charge in [0.15, 0.2) is 37.0 Å². The molecule has 3 aliphatic heterocycles. The SMILES string of the molecule is C=CCO[C@H]1O[C@H](COC(=O)c2ccccc2)[C@@H](O)[C@H](O[C@]2(C)O[C@H]3O[C@H](COC(C)=O)[C@@H](OC(C)=O)[C@H](OC(C)=O)[C@H]3O2)[C@H]1OC(=O)c1ccccc1. The standard InChI is InChI=1S/C37H42O17/c1-6-17-44-35-31(51-34(43)24-15-11-8-12-16-24)29(27(41)25(49-35)18-46-33(42)23-13-9-7-10-14-23)52-37(5)53-32-30(48-22(4)40)28(47-21(3)39)26(19-45-20(2)38)50-36(32)54-37/h6-16,25-32,35-36,41H,1,17-19H2,2-5H3/t25-,26-,27-,28-,29+,30+,31-,32-,35+,36-,37+/m1/s1. The van der Waals surface area contributed by atoms with Crippen LogP contribution in [0.5, 0.6) is 0 Å². The van der Waals surface area contributed by atoms with Gasteiger partial charge in [0.2, 0.25) is 0 Å². The molecule has 5 rings (SSSR count). The Labute approximate surface area is 310 Å². The third-order valence-corrected chi connectivity index (χ3v) is 8.31. The average molecular weight is 759 g/mol. The van der Waals surface area contributed by atoms with Gasteiger partial charge in [0.05, 0.1) is 17.7 Å². The van der Waals surface area contributed by atoms with E-state index in [1.54, 1.807) is 48.5 Å². The second kappa shape index (κ2) is 18.1. The number of ether oxygens (including phenoxy) is 11. The largest absolute Gasteiger partial charge is 0.463 e. The molecule has 0 aromatic heterocycles. The maximum absolute atomic E-state index is 13.4. The van der Waals surface area contributed by atoms with Crippen molar-refractivity contribution in [3.63, 3.8) is 0 Å². The van der Waals surface area contributed by atoms with Crippen LogP contribution in [-0.2, 0) is 66.5 Å². The van der Waals surface area contributed by atoms with Gasteiger partial charge < -0.3 is 52.5 Å². The van der Waals surface area contributed by atoms with E-state index >= 15 is 0 Å². The van der Waals surface area contributed by atoms with Crippen LogP contribution in [0.1, 0.15) is 48.4 Å². The summed E-state index contributed by atoms with van der Waals surface area (Å²) in [6.45, 7) is 7.36. The van der Waals surface area contributed by atoms with Crippen molar-refractivity contribution in [2.45, 2.75) is 95.1 Å². The summed E-state index contributed by atoms with van der Waals surface area (Å²) in [5.41, 5.74) is 0.402. The molecule has 0 unspecified atom stereocenters. The molecule has 2 aromatic carbocycles. The first-order valence-corrected chi connectivity index (χ1v) is 17.0. The molecule has 3 heterocycles. The summed E-state index contributed by atoms with van der Waals surface area (Å²) in [4.78, 5) is 62.3. The van der Waals surface area contributed by atoms with Crippen molar-refractivity contribution < 1.29 is 81.2 Å². The van der Waals surface area contributed by atoms with Gasteiger partial charge in [0, 0.05) is 27.7 Å². The number of hydrogen-bond donors (Lipinski definition) is 1. The fraction of sp³-hybridized carbons (Fsp3) is 0.486. The zero-order chi connectivity index (χ0) is 39.0. The van der Waals surface area contributed by atoms with E-state index in [2.05, 4.69) is 6.58 Å². The lowest BCUT2D eigenvalue weighted by atomic mass is 9.98. The molecule has 54 heavy (non-hydrogen) atoms. The van der Waals surface area contributed by atoms with Crippen LogP contribution >= 0.6 is 0 Å². The summed E-state index contributed by atoms with van der Waals surface area (Å²) in [7, 11) is 0. The molecule has 17 nitrogen and oxygen atoms in total. The Morgan fingerprint density at radius 3 is 1.91 bits per heavy atom. The molecule has 1 N–H and O–H groups in total. The Morgan fingerprint density at radius 1 is 0.722 bits per heavy atom. The van der Waals surface area contributed by atoms with E-state index in [-0.39, 0.29) is 17.7 Å². The van der Waals surface area contributed by atoms with Crippen LogP contribution < -0.4 is 0 Å². The highest BCUT2D eigenvalue weighted by atomic mass is 16.9. The van der Waals surface area contributed by atoms with Crippen molar-refractivity contribution in [1.82, 2.24) is 0 Å². The summed E-state index contributed by atoms with van der Waals surface area (Å²) in [5, 5.41) is 11.8. The minimum atomic E-state index is -2.17. The first kappa shape index (κ1) is 40.4. The molecule has 3 saturated heterocycles. The second-order valence-corrected chi connectivity index (χ2v) is 12.5. The number of aliphatic hydroxyl groups is 1. The molecule has 0 radical (unpaired) electrons. The molecule has 3 aliphatic rings. The highest BCUT2D eigenvalue weighted by Gasteiger charge is 2.62. The number of carbonyl (C=O) groups excluding carboxylic acids is 5. The van der Waals surface area contributed by atoms with Gasteiger partial charge in [-0.25, -0.2) is 9.59 Å². The number of carbonyl (C=O) groups is 5. The lowest BCUT2D eigenvalue weighted by Gasteiger charge is -2.45. The van der Waals surface area contributed by atoms with E-state index in [4.69, 9.17) is 52.1 Å². The lowest BCUT2D eigenvalue weighted by molar-refractivity contribution is -0.398. The molecular formula is C37H42O17. The van der Waals surface area contributed by atoms with Gasteiger partial charge in [0.1, 0.15) is 37.6 Å². The van der Waals surface area contributed by atoms with Gasteiger partial charge in [0.25, 0.3) is 5.97 Å². The number of rotatable bonds is 14. The molecule has 11 atom stereocenters. The summed E-state index contributed by atoms with van der Waals surface area (Å²) in [6.07, 6.45) is -12.7. The van der Waals surface area contributed by atoms with Crippen molar-refractivity contribution in [3.05, 3.63) is 84.4 Å². The number of esters is 5. The molecule has 17 heteroatoms. The van der Waals surface area contributed by atoms with Gasteiger partial charge >= 0.3 is 29.8 Å². The van der Waals surface area contributed by atoms with E-state index in [0.717, 1.165) is 20.8 Å². The molecule has 0 bridgehead atoms. The van der Waals surface area contributed by atoms with Crippen molar-refractivity contribution in [2.75, 3.05) is 19.8 Å². The minimum absolute atomic E-state index is 0.100. The zero-order valence-corrected chi connectivity index (χ0v) is 29.9. The lowest BCUT2D eigenvalue weighted by Crippen LogP contribution is -2.63. The number of hydrogen-bond acceptors (Lipinski definition) is 17. The van der Waals surface area contributed by atoms with E-state index in [1.165, 1.54) is 25.1 Å². The normalized spacial score (nSPS) is 31.6. The summed E-state index contributed by atoms with van der Waals surface area (Å²) >= 11 is 0. The van der Waals surface area contributed by atoms with Crippen LogP contribution in [0.2, 0.25) is 0 Å². The predicted octanol–water partition coefficient (Wildman–Crippen LogP) is 1.98. The van der Waals surface area contributed by atoms with E-state index in [0.29, 0.717) is 0 Å². The molecule has 2 aromatic rings. The quantitative estimate of drug-likeness (QED) is 0.166. The molecule has 0 amide bonds. The molecular weight excluding hydrogens is 716 g/mol. The molecule has 0 aliphatic carbocycles. The smallest absolute Gasteiger partial charge is 0.338 e. The van der Waals surface area contributed by atoms with Crippen LogP contribution in [0.15, 0.2) is 73.3 Å². The summed E-state index contributed by atoms with van der Waals surface area (Å²) in [6, 6.07) is 16.1. The minimum Gasteiger partial charge on any atom is -0.463 e. The molecule has 0 saturated carbocycles. The van der Waals surface area contributed by atoms with Crippen LogP contribution in [0.3, 0.4) is 0 Å². The Hall–Kier alpha value is -4.75. The van der Waals surface area contributed by atoms with E-state index in [1.807, 2.05) is 0 Å². The second-order valence-electron chi connectivity index (χ2n) is 12.5. The van der Waals surface area contributed by atoms with Crippen LogP contribution in [0.25, 0.3) is 0 Å². The number of benzene rings is 2. The van der Waals surface area contributed by atoms with Crippen molar-refractivity contribution in [1.29, 1.82) is 0 Å². The summed E-state index contributed by atoms with van der Waals surface area (Å²) < 4.78 is 63.9. The summed E-state index contributed by atoms with van der Waals surface area (Å²) in [5.74, 6) is -5.89. The van der Waals surface area contributed by atoms with Gasteiger partial charge in [-0.05, 0) is 24.3 Å². The highest BCUT2D eigenvalue weighted by Crippen LogP contribution is 2.42. The third-order valence-electron chi connectivity index (χ3n) is 8.31. The maximum Gasteiger partial charge on any atom is 0.338 e. The van der Waals surface area contributed by atoms with E-state index < -0.39 is 110 Å². The van der Waals surface area contributed by atoms with Gasteiger partial charge in [-0.15, -0.1) is 6.58 Å².